The van der Waals surface area contributed by atoms with E-state index in [2.05, 4.69) is 10.6 Å². The van der Waals surface area contributed by atoms with E-state index in [0.717, 1.165) is 0 Å². The van der Waals surface area contributed by atoms with Crippen molar-refractivity contribution in [3.63, 3.8) is 0 Å². The molecule has 1 heterocycles. The fourth-order valence-corrected chi connectivity index (χ4v) is 3.77. The van der Waals surface area contributed by atoms with Gasteiger partial charge in [-0.1, -0.05) is 30.3 Å². The summed E-state index contributed by atoms with van der Waals surface area (Å²) in [5.41, 5.74) is 2.27. The van der Waals surface area contributed by atoms with E-state index < -0.39 is 24.0 Å². The molecule has 0 radical (unpaired) electrons. The second-order valence-electron chi connectivity index (χ2n) is 8.33. The molecule has 2 N–H and O–H groups in total. The normalized spacial score (nSPS) is 15.1. The van der Waals surface area contributed by atoms with Crippen molar-refractivity contribution in [2.45, 2.75) is 26.0 Å². The molecule has 184 valence electrons. The predicted octanol–water partition coefficient (Wildman–Crippen LogP) is 4.63. The Morgan fingerprint density at radius 1 is 0.833 bits per heavy atom. The molecule has 0 fully saturated rings. The number of methoxy groups -OCH3 is 1. The van der Waals surface area contributed by atoms with Crippen LogP contribution in [-0.2, 0) is 9.53 Å². The third kappa shape index (κ3) is 5.55. The van der Waals surface area contributed by atoms with E-state index in [1.54, 1.807) is 93.8 Å². The van der Waals surface area contributed by atoms with Crippen molar-refractivity contribution in [3.05, 3.63) is 101 Å². The second-order valence-corrected chi connectivity index (χ2v) is 8.33. The van der Waals surface area contributed by atoms with Crippen LogP contribution in [0.4, 0.5) is 4.79 Å². The number of nitrogens with one attached hydrogen (secondary N) is 2. The lowest BCUT2D eigenvalue weighted by molar-refractivity contribution is -0.143. The summed E-state index contributed by atoms with van der Waals surface area (Å²) < 4.78 is 16.2. The van der Waals surface area contributed by atoms with Crippen LogP contribution in [0.2, 0.25) is 0 Å². The van der Waals surface area contributed by atoms with E-state index in [1.165, 1.54) is 0 Å². The van der Waals surface area contributed by atoms with Gasteiger partial charge in [0.05, 0.1) is 36.1 Å². The quantitative estimate of drug-likeness (QED) is 0.373. The Morgan fingerprint density at radius 3 is 2.08 bits per heavy atom. The number of hydrogen-bond donors (Lipinski definition) is 2. The van der Waals surface area contributed by atoms with Crippen molar-refractivity contribution in [2.75, 3.05) is 7.11 Å². The Bertz CT molecular complexity index is 1280. The molecular weight excluding hydrogens is 460 g/mol. The van der Waals surface area contributed by atoms with E-state index in [1.807, 2.05) is 6.07 Å². The molecule has 4 rings (SSSR count). The molecule has 0 saturated heterocycles. The Kier molecular flexibility index (Phi) is 7.34. The van der Waals surface area contributed by atoms with E-state index in [9.17, 15) is 14.4 Å². The van der Waals surface area contributed by atoms with Crippen molar-refractivity contribution in [3.8, 4) is 11.5 Å². The van der Waals surface area contributed by atoms with Crippen LogP contribution in [0.25, 0.3) is 5.70 Å². The second kappa shape index (κ2) is 10.8. The van der Waals surface area contributed by atoms with Crippen LogP contribution in [0.1, 0.15) is 41.4 Å². The van der Waals surface area contributed by atoms with E-state index in [0.29, 0.717) is 33.9 Å². The zero-order valence-corrected chi connectivity index (χ0v) is 20.1. The largest absolute Gasteiger partial charge is 0.497 e. The van der Waals surface area contributed by atoms with Crippen LogP contribution in [0.5, 0.6) is 11.5 Å². The maximum Gasteiger partial charge on any atom is 0.343 e. The Labute approximate surface area is 208 Å². The molecule has 1 aliphatic heterocycles. The minimum atomic E-state index is -0.791. The van der Waals surface area contributed by atoms with Gasteiger partial charge in [-0.05, 0) is 73.5 Å². The van der Waals surface area contributed by atoms with Gasteiger partial charge in [-0.2, -0.15) is 0 Å². The number of rotatable bonds is 7. The first-order valence-electron chi connectivity index (χ1n) is 11.4. The van der Waals surface area contributed by atoms with Gasteiger partial charge < -0.3 is 24.8 Å². The molecule has 1 unspecified atom stereocenters. The molecular formula is C28H26N2O6. The van der Waals surface area contributed by atoms with Crippen LogP contribution in [0, 0.1) is 0 Å². The number of esters is 2. The number of urea groups is 1. The van der Waals surface area contributed by atoms with E-state index in [4.69, 9.17) is 14.2 Å². The molecule has 0 bridgehead atoms. The summed E-state index contributed by atoms with van der Waals surface area (Å²) in [7, 11) is 1.56. The first kappa shape index (κ1) is 24.5. The zero-order valence-electron chi connectivity index (χ0n) is 20.1. The van der Waals surface area contributed by atoms with Gasteiger partial charge in [-0.25, -0.2) is 14.4 Å². The van der Waals surface area contributed by atoms with Crippen molar-refractivity contribution in [2.24, 2.45) is 0 Å². The fraction of sp³-hybridized carbons (Fsp3) is 0.179. The molecule has 36 heavy (non-hydrogen) atoms. The van der Waals surface area contributed by atoms with Gasteiger partial charge in [0, 0.05) is 0 Å². The van der Waals surface area contributed by atoms with Crippen LogP contribution < -0.4 is 20.1 Å². The Hall–Kier alpha value is -4.59. The van der Waals surface area contributed by atoms with Crippen molar-refractivity contribution in [1.82, 2.24) is 10.6 Å². The smallest absolute Gasteiger partial charge is 0.343 e. The first-order chi connectivity index (χ1) is 17.4. The van der Waals surface area contributed by atoms with Crippen LogP contribution in [0.15, 0.2) is 84.4 Å². The molecule has 2 amide bonds. The summed E-state index contributed by atoms with van der Waals surface area (Å²) in [6, 6.07) is 21.0. The monoisotopic (exact) mass is 486 g/mol. The third-order valence-electron chi connectivity index (χ3n) is 5.45. The lowest BCUT2D eigenvalue weighted by atomic mass is 9.92. The van der Waals surface area contributed by atoms with Crippen molar-refractivity contribution < 1.29 is 28.6 Å². The van der Waals surface area contributed by atoms with E-state index >= 15 is 0 Å². The maximum atomic E-state index is 13.2. The summed E-state index contributed by atoms with van der Waals surface area (Å²) in [5, 5.41) is 5.55. The summed E-state index contributed by atoms with van der Waals surface area (Å²) >= 11 is 0. The van der Waals surface area contributed by atoms with Gasteiger partial charge in [-0.15, -0.1) is 0 Å². The SMILES string of the molecule is COc1ccc(C2=C(C(=O)OC(C)C)C(c3ccc(OC(=O)c4ccccc4)cc3)NC(=O)N2)cc1. The van der Waals surface area contributed by atoms with Gasteiger partial charge in [0.2, 0.25) is 0 Å². The number of benzene rings is 3. The number of carbonyl (C=O) groups is 3. The third-order valence-corrected chi connectivity index (χ3v) is 5.45. The molecule has 1 aliphatic rings. The highest BCUT2D eigenvalue weighted by molar-refractivity contribution is 6.04. The molecule has 8 heteroatoms. The minimum Gasteiger partial charge on any atom is -0.497 e. The Morgan fingerprint density at radius 2 is 1.47 bits per heavy atom. The first-order valence-corrected chi connectivity index (χ1v) is 11.4. The average Bonchev–Trinajstić information content (AvgIpc) is 2.88. The molecule has 0 aliphatic carbocycles. The lowest BCUT2D eigenvalue weighted by Crippen LogP contribution is -2.45. The minimum absolute atomic E-state index is 0.252. The maximum absolute atomic E-state index is 13.2. The zero-order chi connectivity index (χ0) is 25.7. The molecule has 0 spiro atoms. The average molecular weight is 487 g/mol. The number of carbonyl (C=O) groups excluding carboxylic acids is 3. The Balaban J connectivity index is 1.68. The van der Waals surface area contributed by atoms with Gasteiger partial charge in [0.15, 0.2) is 0 Å². The number of hydrogen-bond acceptors (Lipinski definition) is 6. The van der Waals surface area contributed by atoms with Gasteiger partial charge in [0.25, 0.3) is 0 Å². The number of amides is 2. The predicted molar refractivity (Wildman–Crippen MR) is 133 cm³/mol. The molecule has 8 nitrogen and oxygen atoms in total. The summed E-state index contributed by atoms with van der Waals surface area (Å²) in [6.45, 7) is 3.51. The summed E-state index contributed by atoms with van der Waals surface area (Å²) in [6.07, 6.45) is -0.361. The standard InChI is InChI=1S/C28H26N2O6/c1-17(2)35-27(32)23-24(18-9-13-21(34-3)14-10-18)29-28(33)30-25(23)19-11-15-22(16-12-19)36-26(31)20-7-5-4-6-8-20/h4-17,25H,1-3H3,(H2,29,30,33). The molecule has 3 aromatic rings. The highest BCUT2D eigenvalue weighted by Gasteiger charge is 2.35. The van der Waals surface area contributed by atoms with Crippen LogP contribution in [-0.4, -0.2) is 31.2 Å². The highest BCUT2D eigenvalue weighted by atomic mass is 16.5. The number of ether oxygens (including phenoxy) is 3. The molecule has 0 aromatic heterocycles. The van der Waals surface area contributed by atoms with E-state index in [-0.39, 0.29) is 11.7 Å². The summed E-state index contributed by atoms with van der Waals surface area (Å²) in [5.74, 6) is -0.0732. The van der Waals surface area contributed by atoms with Gasteiger partial charge >= 0.3 is 18.0 Å². The molecule has 0 saturated carbocycles. The fourth-order valence-electron chi connectivity index (χ4n) is 3.77. The van der Waals surface area contributed by atoms with Gasteiger partial charge in [0.1, 0.15) is 11.5 Å². The molecule has 3 aromatic carbocycles. The van der Waals surface area contributed by atoms with Gasteiger partial charge in [-0.3, -0.25) is 0 Å². The lowest BCUT2D eigenvalue weighted by Gasteiger charge is -2.30. The van der Waals surface area contributed by atoms with Crippen molar-refractivity contribution in [1.29, 1.82) is 0 Å². The highest BCUT2D eigenvalue weighted by Crippen LogP contribution is 2.33. The summed E-state index contributed by atoms with van der Waals surface area (Å²) in [4.78, 5) is 38.2. The van der Waals surface area contributed by atoms with Crippen LogP contribution in [0.3, 0.4) is 0 Å². The van der Waals surface area contributed by atoms with Crippen molar-refractivity contribution >= 4 is 23.7 Å². The molecule has 1 atom stereocenters. The van der Waals surface area contributed by atoms with Crippen LogP contribution >= 0.6 is 0 Å². The topological polar surface area (TPSA) is 103 Å².